The Balaban J connectivity index is 1.34. The van der Waals surface area contributed by atoms with Crippen LogP contribution < -0.4 is 10.4 Å². The standard InChI is InChI=1S/C29H23BrN4O/c30-26-14-8-7-13-25(26)29(35)32-31-20-21-15-17-24(18-16-21)34-28(23-11-5-2-6-12-23)19-27(33-34)22-9-3-1-4-10-22/h1-18,20,28H,19H2,(H,32,35)/b31-20-/t28-/m0/s1. The zero-order chi connectivity index (χ0) is 24.0. The highest BCUT2D eigenvalue weighted by Crippen LogP contribution is 2.36. The van der Waals surface area contributed by atoms with Gasteiger partial charge in [-0.2, -0.15) is 10.2 Å². The number of benzene rings is 4. The van der Waals surface area contributed by atoms with Crippen molar-refractivity contribution in [1.29, 1.82) is 0 Å². The summed E-state index contributed by atoms with van der Waals surface area (Å²) in [7, 11) is 0. The highest BCUT2D eigenvalue weighted by atomic mass is 79.9. The van der Waals surface area contributed by atoms with Crippen molar-refractivity contribution < 1.29 is 4.79 Å². The van der Waals surface area contributed by atoms with E-state index in [0.29, 0.717) is 5.56 Å². The van der Waals surface area contributed by atoms with Gasteiger partial charge in [-0.05, 0) is 56.9 Å². The minimum Gasteiger partial charge on any atom is -0.267 e. The van der Waals surface area contributed by atoms with Gasteiger partial charge in [-0.15, -0.1) is 0 Å². The zero-order valence-electron chi connectivity index (χ0n) is 18.9. The van der Waals surface area contributed by atoms with Gasteiger partial charge in [0.15, 0.2) is 0 Å². The predicted molar refractivity (Wildman–Crippen MR) is 145 cm³/mol. The van der Waals surface area contributed by atoms with E-state index in [9.17, 15) is 4.79 Å². The number of anilines is 1. The fourth-order valence-electron chi connectivity index (χ4n) is 4.07. The number of nitrogens with zero attached hydrogens (tertiary/aromatic N) is 3. The summed E-state index contributed by atoms with van der Waals surface area (Å²) in [6, 6.07) is 36.1. The summed E-state index contributed by atoms with van der Waals surface area (Å²) in [6.45, 7) is 0. The van der Waals surface area contributed by atoms with Crippen LogP contribution in [0.1, 0.15) is 39.5 Å². The van der Waals surface area contributed by atoms with Gasteiger partial charge in [-0.1, -0.05) is 84.9 Å². The summed E-state index contributed by atoms with van der Waals surface area (Å²) in [5.41, 5.74) is 8.43. The average molecular weight is 523 g/mol. The largest absolute Gasteiger partial charge is 0.272 e. The molecule has 1 N–H and O–H groups in total. The van der Waals surface area contributed by atoms with Crippen molar-refractivity contribution in [3.63, 3.8) is 0 Å². The summed E-state index contributed by atoms with van der Waals surface area (Å²) in [4.78, 5) is 12.3. The first-order valence-electron chi connectivity index (χ1n) is 11.3. The second-order valence-electron chi connectivity index (χ2n) is 8.16. The van der Waals surface area contributed by atoms with Gasteiger partial charge in [0.25, 0.3) is 5.91 Å². The van der Waals surface area contributed by atoms with Crippen LogP contribution in [0.15, 0.2) is 124 Å². The molecule has 0 radical (unpaired) electrons. The van der Waals surface area contributed by atoms with Crippen LogP contribution in [0, 0.1) is 0 Å². The van der Waals surface area contributed by atoms with Crippen LogP contribution in [0.5, 0.6) is 0 Å². The van der Waals surface area contributed by atoms with Crippen LogP contribution in [0.4, 0.5) is 5.69 Å². The number of hydrazone groups is 2. The van der Waals surface area contributed by atoms with Gasteiger partial charge < -0.3 is 0 Å². The van der Waals surface area contributed by atoms with Crippen molar-refractivity contribution in [3.8, 4) is 0 Å². The molecule has 1 heterocycles. The topological polar surface area (TPSA) is 57.1 Å². The van der Waals surface area contributed by atoms with Crippen LogP contribution in [-0.2, 0) is 0 Å². The molecular weight excluding hydrogens is 500 g/mol. The average Bonchev–Trinajstić information content (AvgIpc) is 3.36. The van der Waals surface area contributed by atoms with Crippen molar-refractivity contribution >= 4 is 39.5 Å². The van der Waals surface area contributed by atoms with Crippen LogP contribution in [-0.4, -0.2) is 17.8 Å². The van der Waals surface area contributed by atoms with Gasteiger partial charge in [0.1, 0.15) is 0 Å². The number of carbonyl (C=O) groups excluding carboxylic acids is 1. The number of amides is 1. The molecule has 6 heteroatoms. The fraction of sp³-hybridized carbons (Fsp3) is 0.0690. The van der Waals surface area contributed by atoms with Crippen LogP contribution in [0.2, 0.25) is 0 Å². The van der Waals surface area contributed by atoms with E-state index in [0.717, 1.165) is 33.4 Å². The van der Waals surface area contributed by atoms with E-state index in [-0.39, 0.29) is 11.9 Å². The third-order valence-electron chi connectivity index (χ3n) is 5.86. The molecule has 4 aromatic carbocycles. The van der Waals surface area contributed by atoms with Gasteiger partial charge in [0, 0.05) is 10.9 Å². The van der Waals surface area contributed by atoms with Gasteiger partial charge in [-0.3, -0.25) is 9.80 Å². The Kier molecular flexibility index (Phi) is 6.82. The monoisotopic (exact) mass is 522 g/mol. The maximum Gasteiger partial charge on any atom is 0.272 e. The Morgan fingerprint density at radius 1 is 0.886 bits per heavy atom. The second-order valence-corrected chi connectivity index (χ2v) is 9.01. The molecule has 0 spiro atoms. The first-order valence-corrected chi connectivity index (χ1v) is 12.1. The van der Waals surface area contributed by atoms with Crippen LogP contribution >= 0.6 is 15.9 Å². The smallest absolute Gasteiger partial charge is 0.267 e. The van der Waals surface area contributed by atoms with E-state index in [1.54, 1.807) is 12.3 Å². The van der Waals surface area contributed by atoms with Gasteiger partial charge >= 0.3 is 0 Å². The molecule has 0 saturated carbocycles. The highest BCUT2D eigenvalue weighted by molar-refractivity contribution is 9.10. The molecule has 0 unspecified atom stereocenters. The number of halogens is 1. The molecule has 4 aromatic rings. The fourth-order valence-corrected chi connectivity index (χ4v) is 4.54. The Morgan fingerprint density at radius 3 is 2.26 bits per heavy atom. The molecule has 1 atom stereocenters. The Morgan fingerprint density at radius 2 is 1.54 bits per heavy atom. The summed E-state index contributed by atoms with van der Waals surface area (Å²) >= 11 is 3.39. The van der Waals surface area contributed by atoms with Crippen molar-refractivity contribution in [2.75, 3.05) is 5.01 Å². The van der Waals surface area contributed by atoms with E-state index in [2.05, 4.69) is 67.9 Å². The molecule has 35 heavy (non-hydrogen) atoms. The summed E-state index contributed by atoms with van der Waals surface area (Å²) in [5, 5.41) is 11.2. The minimum atomic E-state index is -0.268. The van der Waals surface area contributed by atoms with Crippen molar-refractivity contribution in [3.05, 3.63) is 136 Å². The summed E-state index contributed by atoms with van der Waals surface area (Å²) in [6.07, 6.45) is 2.47. The number of hydrogen-bond acceptors (Lipinski definition) is 4. The molecule has 1 aliphatic rings. The van der Waals surface area contributed by atoms with Crippen molar-refractivity contribution in [1.82, 2.24) is 5.43 Å². The van der Waals surface area contributed by atoms with E-state index in [4.69, 9.17) is 5.10 Å². The number of nitrogens with one attached hydrogen (secondary N) is 1. The Bertz CT molecular complexity index is 1370. The molecule has 1 amide bonds. The number of rotatable bonds is 6. The highest BCUT2D eigenvalue weighted by Gasteiger charge is 2.29. The second kappa shape index (κ2) is 10.5. The lowest BCUT2D eigenvalue weighted by molar-refractivity contribution is 0.0954. The van der Waals surface area contributed by atoms with E-state index in [1.165, 1.54) is 5.56 Å². The molecule has 0 bridgehead atoms. The molecule has 5 nitrogen and oxygen atoms in total. The molecular formula is C29H23BrN4O. The normalized spacial score (nSPS) is 15.3. The van der Waals surface area contributed by atoms with E-state index < -0.39 is 0 Å². The minimum absolute atomic E-state index is 0.120. The predicted octanol–water partition coefficient (Wildman–Crippen LogP) is 6.57. The first-order chi connectivity index (χ1) is 17.2. The first kappa shape index (κ1) is 22.7. The zero-order valence-corrected chi connectivity index (χ0v) is 20.5. The lowest BCUT2D eigenvalue weighted by Crippen LogP contribution is -2.18. The lowest BCUT2D eigenvalue weighted by atomic mass is 9.98. The molecule has 0 aromatic heterocycles. The van der Waals surface area contributed by atoms with E-state index in [1.807, 2.05) is 66.7 Å². The number of carbonyl (C=O) groups is 1. The summed E-state index contributed by atoms with van der Waals surface area (Å²) in [5.74, 6) is -0.268. The third kappa shape index (κ3) is 5.23. The SMILES string of the molecule is O=C(N/N=C\c1ccc(N2N=C(c3ccccc3)C[C@H]2c2ccccc2)cc1)c1ccccc1Br. The Labute approximate surface area is 212 Å². The maximum atomic E-state index is 12.3. The quantitative estimate of drug-likeness (QED) is 0.230. The van der Waals surface area contributed by atoms with Gasteiger partial charge in [0.05, 0.1) is 29.2 Å². The maximum absolute atomic E-state index is 12.3. The van der Waals surface area contributed by atoms with Crippen molar-refractivity contribution in [2.24, 2.45) is 10.2 Å². The van der Waals surface area contributed by atoms with Crippen LogP contribution in [0.3, 0.4) is 0 Å². The van der Waals surface area contributed by atoms with Crippen LogP contribution in [0.25, 0.3) is 0 Å². The third-order valence-corrected chi connectivity index (χ3v) is 6.55. The van der Waals surface area contributed by atoms with Crippen molar-refractivity contribution in [2.45, 2.75) is 12.5 Å². The van der Waals surface area contributed by atoms with Gasteiger partial charge in [0.2, 0.25) is 0 Å². The molecule has 1 aliphatic heterocycles. The van der Waals surface area contributed by atoms with E-state index >= 15 is 0 Å². The molecule has 172 valence electrons. The molecule has 0 saturated heterocycles. The summed E-state index contributed by atoms with van der Waals surface area (Å²) < 4.78 is 0.728. The number of hydrogen-bond donors (Lipinski definition) is 1. The lowest BCUT2D eigenvalue weighted by Gasteiger charge is -2.24. The molecule has 5 rings (SSSR count). The van der Waals surface area contributed by atoms with Gasteiger partial charge in [-0.25, -0.2) is 5.43 Å². The molecule has 0 fully saturated rings. The molecule has 0 aliphatic carbocycles. The Hall–Kier alpha value is -4.03.